The molecule has 1 aliphatic heterocycles. The van der Waals surface area contributed by atoms with Gasteiger partial charge in [0.1, 0.15) is 23.3 Å². The second kappa shape index (κ2) is 38.2. The molecular formula is C133H86N12S5. The Balaban J connectivity index is 0.0000000902. The first kappa shape index (κ1) is 89.3. The van der Waals surface area contributed by atoms with Gasteiger partial charge in [-0.1, -0.05) is 255 Å². The van der Waals surface area contributed by atoms with Crippen molar-refractivity contribution in [2.45, 2.75) is 6.42 Å². The molecule has 0 spiro atoms. The Hall–Kier alpha value is -18.3. The molecule has 0 saturated heterocycles. The van der Waals surface area contributed by atoms with Crippen LogP contribution in [-0.2, 0) is 0 Å². The summed E-state index contributed by atoms with van der Waals surface area (Å²) in [4.78, 5) is 33.1. The van der Waals surface area contributed by atoms with Crippen molar-refractivity contribution >= 4 is 239 Å². The van der Waals surface area contributed by atoms with Crippen LogP contribution in [0.25, 0.3) is 249 Å². The molecule has 31 aromatic rings. The Bertz CT molecular complexity index is 10600. The molecule has 1 aliphatic rings. The van der Waals surface area contributed by atoms with Crippen molar-refractivity contribution in [3.8, 4) is 78.9 Å². The van der Waals surface area contributed by atoms with Crippen LogP contribution in [0, 0.1) is 0 Å². The SMILES string of the molecule is c1ccc(-c2cc(-c3ccccc3)nc(-n3c4ccccc4c4cc5sccc5cc43)c2)cc1.c1ccc(-c2ccc(-n3c4ccccc4c4cc5sccc5cc43)cc2)cc1.c1ccc(-c2cnc(-n3c4ccccc4c4cc5sccc5cc43)c3ccccc23)cc1.c1cncc(-c2ccnc(-n3c4ccccc4c4cc5sccc5cc43)c2)c1.c1cncc(C2=NCCC(n3c4ccccc4c4cc5sccc5cc43)=N2)c1. The predicted octanol–water partition coefficient (Wildman–Crippen LogP) is 36.6. The molecule has 12 nitrogen and oxygen atoms in total. The quantitative estimate of drug-likeness (QED) is 0.135. The number of nitrogens with zero attached hydrogens (tertiary/aromatic N) is 12. The van der Waals surface area contributed by atoms with Crippen LogP contribution in [0.5, 0.6) is 0 Å². The Morgan fingerprint density at radius 3 is 1.06 bits per heavy atom. The number of benzene rings is 16. The Morgan fingerprint density at radius 1 is 0.220 bits per heavy atom. The number of hydrogen-bond donors (Lipinski definition) is 0. The number of fused-ring (bicyclic) bond motifs is 21. The summed E-state index contributed by atoms with van der Waals surface area (Å²) in [6, 6.07) is 153. The van der Waals surface area contributed by atoms with Crippen LogP contribution >= 0.6 is 56.7 Å². The smallest absolute Gasteiger partial charge is 0.158 e. The van der Waals surface area contributed by atoms with Crippen LogP contribution in [0.3, 0.4) is 0 Å². The van der Waals surface area contributed by atoms with Gasteiger partial charge in [-0.05, 0) is 269 Å². The van der Waals surface area contributed by atoms with Gasteiger partial charge in [-0.2, -0.15) is 0 Å². The van der Waals surface area contributed by atoms with E-state index in [9.17, 15) is 0 Å². The zero-order valence-electron chi connectivity index (χ0n) is 80.7. The predicted molar refractivity (Wildman–Crippen MR) is 638 cm³/mol. The lowest BCUT2D eigenvalue weighted by molar-refractivity contribution is 0.973. The molecule has 0 aliphatic carbocycles. The van der Waals surface area contributed by atoms with Gasteiger partial charge in [0.15, 0.2) is 5.84 Å². The van der Waals surface area contributed by atoms with E-state index in [-0.39, 0.29) is 0 Å². The molecule has 0 radical (unpaired) electrons. The van der Waals surface area contributed by atoms with Crippen molar-refractivity contribution in [2.24, 2.45) is 9.98 Å². The van der Waals surface area contributed by atoms with Crippen molar-refractivity contribution in [3.63, 3.8) is 0 Å². The van der Waals surface area contributed by atoms with Gasteiger partial charge in [0.25, 0.3) is 0 Å². The zero-order valence-corrected chi connectivity index (χ0v) is 84.7. The van der Waals surface area contributed by atoms with Gasteiger partial charge >= 0.3 is 0 Å². The highest BCUT2D eigenvalue weighted by Gasteiger charge is 2.25. The van der Waals surface area contributed by atoms with Crippen molar-refractivity contribution in [1.82, 2.24) is 47.8 Å². The molecule has 15 aromatic heterocycles. The Labute approximate surface area is 881 Å². The van der Waals surface area contributed by atoms with E-state index in [0.29, 0.717) is 0 Å². The second-order valence-electron chi connectivity index (χ2n) is 37.4. The van der Waals surface area contributed by atoms with E-state index in [1.54, 1.807) is 69.1 Å². The minimum absolute atomic E-state index is 0.734. The minimum atomic E-state index is 0.734. The number of aromatic nitrogens is 10. The first-order valence-electron chi connectivity index (χ1n) is 50.0. The lowest BCUT2D eigenvalue weighted by atomic mass is 10.0. The molecule has 708 valence electrons. The average Bonchev–Trinajstić information content (AvgIpc) is 1.59. The van der Waals surface area contributed by atoms with Crippen molar-refractivity contribution in [2.75, 3.05) is 6.54 Å². The number of amidine groups is 1. The van der Waals surface area contributed by atoms with Crippen LogP contribution in [0.1, 0.15) is 12.0 Å². The maximum Gasteiger partial charge on any atom is 0.158 e. The maximum atomic E-state index is 5.21. The largest absolute Gasteiger partial charge is 0.309 e. The fourth-order valence-corrected chi connectivity index (χ4v) is 25.8. The summed E-state index contributed by atoms with van der Waals surface area (Å²) in [6.07, 6.45) is 12.0. The van der Waals surface area contributed by atoms with Gasteiger partial charge in [-0.3, -0.25) is 33.2 Å². The molecule has 0 unspecified atom stereocenters. The summed E-state index contributed by atoms with van der Waals surface area (Å²) in [7, 11) is 0. The Kier molecular flexibility index (Phi) is 22.8. The topological polar surface area (TPSA) is 114 Å². The lowest BCUT2D eigenvalue weighted by Crippen LogP contribution is -2.20. The van der Waals surface area contributed by atoms with Crippen LogP contribution in [0.4, 0.5) is 0 Å². The van der Waals surface area contributed by atoms with Crippen LogP contribution in [0.15, 0.2) is 505 Å². The molecule has 0 fully saturated rings. The van der Waals surface area contributed by atoms with Gasteiger partial charge in [-0.15, -0.1) is 56.7 Å². The lowest BCUT2D eigenvalue weighted by Gasteiger charge is -2.15. The van der Waals surface area contributed by atoms with Crippen LogP contribution < -0.4 is 0 Å². The summed E-state index contributed by atoms with van der Waals surface area (Å²) in [5.41, 5.74) is 25.6. The fraction of sp³-hybridized carbons (Fsp3) is 0.0150. The van der Waals surface area contributed by atoms with Crippen molar-refractivity contribution < 1.29 is 0 Å². The number of pyridine rings is 5. The van der Waals surface area contributed by atoms with E-state index in [0.717, 1.165) is 86.6 Å². The molecular weight excluding hydrogens is 1930 g/mol. The third kappa shape index (κ3) is 16.1. The molecule has 17 heteroatoms. The summed E-state index contributed by atoms with van der Waals surface area (Å²) in [6.45, 7) is 0.734. The van der Waals surface area contributed by atoms with Gasteiger partial charge in [-0.25, -0.2) is 19.9 Å². The molecule has 0 amide bonds. The molecule has 0 atom stereocenters. The molecule has 0 bridgehead atoms. The highest BCUT2D eigenvalue weighted by atomic mass is 32.1. The molecule has 0 saturated carbocycles. The summed E-state index contributed by atoms with van der Waals surface area (Å²) >= 11 is 8.96. The number of aliphatic imine (C=N–C) groups is 2. The van der Waals surface area contributed by atoms with Crippen molar-refractivity contribution in [3.05, 3.63) is 500 Å². The minimum Gasteiger partial charge on any atom is -0.309 e. The van der Waals surface area contributed by atoms with E-state index >= 15 is 0 Å². The molecule has 0 N–H and O–H groups in total. The normalized spacial score (nSPS) is 12.2. The second-order valence-corrected chi connectivity index (χ2v) is 42.2. The third-order valence-corrected chi connectivity index (χ3v) is 33.1. The van der Waals surface area contributed by atoms with Crippen LogP contribution in [0.2, 0.25) is 0 Å². The highest BCUT2D eigenvalue weighted by Crippen LogP contribution is 2.46. The van der Waals surface area contributed by atoms with Crippen molar-refractivity contribution in [1.29, 1.82) is 0 Å². The number of thiophene rings is 5. The molecule has 16 heterocycles. The van der Waals surface area contributed by atoms with E-state index in [1.165, 1.54) is 193 Å². The van der Waals surface area contributed by atoms with E-state index in [2.05, 4.69) is 465 Å². The molecule has 150 heavy (non-hydrogen) atoms. The van der Waals surface area contributed by atoms with Gasteiger partial charge in [0, 0.05) is 161 Å². The van der Waals surface area contributed by atoms with E-state index < -0.39 is 0 Å². The van der Waals surface area contributed by atoms with E-state index in [1.807, 2.05) is 55.1 Å². The molecule has 32 rings (SSSR count). The van der Waals surface area contributed by atoms with E-state index in [4.69, 9.17) is 19.9 Å². The standard InChI is InChI=1S/C31H20N2S.C29H18N2S.C26H17NS.C24H15N3S.C23H16N4S/c1-3-9-21(10-4-1)24-17-27(22-11-5-2-6-12-22)32-31(19-24)33-28-14-8-7-13-25(28)26-20-30-23(15-16-34-30)18-29(26)33;1-2-8-19(9-3-1)25-18-30-29(23-12-5-4-10-21(23)25)31-26-13-7-6-11-22(26)24-17-28-20(14-15-32-28)16-27(24)31;1-2-6-18(7-3-1)19-10-12-21(13-11-19)27-24-9-5-4-8-22(24)23-17-26-20(14-15-28-26)16-25(23)27;1-2-6-21-19(5-1)20-14-23-17(8-11-28-23)12-22(20)27(21)24-13-16(7-10-26-24)18-4-3-9-25-15-18;1-2-6-19-17(5-1)18-13-21-15(8-11-28-21)12-20(18)27(19)22-7-10-25-23(26-22)16-4-3-9-24-14-16/h1-20H;1-18H;1-17H;1-15H;1-6,8-9,11-14H,7,10H2. The molecule has 16 aromatic carbocycles. The monoisotopic (exact) mass is 2010 g/mol. The summed E-state index contributed by atoms with van der Waals surface area (Å²) in [5.74, 6) is 4.62. The zero-order chi connectivity index (χ0) is 99.1. The van der Waals surface area contributed by atoms with Gasteiger partial charge < -0.3 is 4.57 Å². The van der Waals surface area contributed by atoms with Gasteiger partial charge in [0.05, 0.1) is 60.9 Å². The highest BCUT2D eigenvalue weighted by molar-refractivity contribution is 7.18. The number of rotatable bonds is 10. The third-order valence-electron chi connectivity index (χ3n) is 28.7. The summed E-state index contributed by atoms with van der Waals surface area (Å²) < 4.78 is 18.2. The number of hydrogen-bond acceptors (Lipinski definition) is 12. The first-order chi connectivity index (χ1) is 74.4. The average molecular weight is 2010 g/mol. The fourth-order valence-electron chi connectivity index (χ4n) is 21.8. The van der Waals surface area contributed by atoms with Crippen LogP contribution in [-0.4, -0.2) is 66.0 Å². The Morgan fingerprint density at radius 2 is 0.587 bits per heavy atom. The summed E-state index contributed by atoms with van der Waals surface area (Å²) in [5, 5.41) is 32.3. The maximum absolute atomic E-state index is 5.21. The van der Waals surface area contributed by atoms with Gasteiger partial charge in [0.2, 0.25) is 0 Å². The first-order valence-corrected chi connectivity index (χ1v) is 54.4. The number of para-hydroxylation sites is 5.